The first-order valence-electron chi connectivity index (χ1n) is 7.67. The number of nitrogens with zero attached hydrogens (tertiary/aromatic N) is 1. The van der Waals surface area contributed by atoms with Crippen LogP contribution in [0.3, 0.4) is 0 Å². The summed E-state index contributed by atoms with van der Waals surface area (Å²) in [7, 11) is 3.38. The van der Waals surface area contributed by atoms with Crippen molar-refractivity contribution in [2.45, 2.75) is 18.9 Å². The van der Waals surface area contributed by atoms with Gasteiger partial charge in [-0.15, -0.1) is 0 Å². The Morgan fingerprint density at radius 2 is 1.52 bits per heavy atom. The van der Waals surface area contributed by atoms with Crippen molar-refractivity contribution in [1.29, 1.82) is 0 Å². The van der Waals surface area contributed by atoms with Gasteiger partial charge in [0.05, 0.1) is 0 Å². The van der Waals surface area contributed by atoms with Crippen LogP contribution in [0.25, 0.3) is 0 Å². The second-order valence-electron chi connectivity index (χ2n) is 5.63. The molecule has 120 valence electrons. The van der Waals surface area contributed by atoms with Crippen LogP contribution in [-0.2, 0) is 16.0 Å². The third-order valence-corrected chi connectivity index (χ3v) is 3.61. The van der Waals surface area contributed by atoms with Gasteiger partial charge in [-0.25, -0.2) is 0 Å². The zero-order valence-corrected chi connectivity index (χ0v) is 13.5. The third kappa shape index (κ3) is 4.95. The summed E-state index contributed by atoms with van der Waals surface area (Å²) in [5, 5.41) is 2.85. The Balaban J connectivity index is 2.02. The molecule has 1 atom stereocenters. The molecule has 4 nitrogen and oxygen atoms in total. The van der Waals surface area contributed by atoms with Crippen molar-refractivity contribution in [3.63, 3.8) is 0 Å². The molecule has 0 saturated carbocycles. The van der Waals surface area contributed by atoms with Crippen LogP contribution in [-0.4, -0.2) is 30.8 Å². The van der Waals surface area contributed by atoms with E-state index in [1.54, 1.807) is 14.1 Å². The van der Waals surface area contributed by atoms with E-state index in [1.165, 1.54) is 4.90 Å². The predicted molar refractivity (Wildman–Crippen MR) is 90.8 cm³/mol. The van der Waals surface area contributed by atoms with Gasteiger partial charge < -0.3 is 10.2 Å². The summed E-state index contributed by atoms with van der Waals surface area (Å²) in [4.78, 5) is 26.1. The summed E-state index contributed by atoms with van der Waals surface area (Å²) in [6, 6.07) is 18.5. The molecule has 2 aromatic rings. The molecule has 2 aromatic carbocycles. The van der Waals surface area contributed by atoms with E-state index in [-0.39, 0.29) is 11.8 Å². The lowest BCUT2D eigenvalue weighted by Crippen LogP contribution is -2.39. The van der Waals surface area contributed by atoms with E-state index in [0.717, 1.165) is 11.1 Å². The van der Waals surface area contributed by atoms with E-state index >= 15 is 0 Å². The molecule has 1 N–H and O–H groups in total. The molecule has 0 aliphatic rings. The monoisotopic (exact) mass is 310 g/mol. The maximum Gasteiger partial charge on any atom is 0.249 e. The third-order valence-electron chi connectivity index (χ3n) is 3.61. The van der Waals surface area contributed by atoms with Gasteiger partial charge in [0, 0.05) is 20.5 Å². The largest absolute Gasteiger partial charge is 0.347 e. The number of rotatable bonds is 6. The number of amides is 2. The van der Waals surface area contributed by atoms with Crippen molar-refractivity contribution in [3.8, 4) is 0 Å². The molecule has 2 rings (SSSR count). The van der Waals surface area contributed by atoms with Crippen LogP contribution in [0.4, 0.5) is 0 Å². The molecule has 0 spiro atoms. The molecule has 0 radical (unpaired) electrons. The minimum absolute atomic E-state index is 0.127. The minimum Gasteiger partial charge on any atom is -0.347 e. The Hall–Kier alpha value is -2.62. The lowest BCUT2D eigenvalue weighted by molar-refractivity contribution is -0.134. The number of likely N-dealkylation sites (N-methyl/N-ethyl adjacent to an activating group) is 1. The number of nitrogens with one attached hydrogen (secondary N) is 1. The molecule has 0 bridgehead atoms. The summed E-state index contributed by atoms with van der Waals surface area (Å²) >= 11 is 0. The Morgan fingerprint density at radius 1 is 0.957 bits per heavy atom. The van der Waals surface area contributed by atoms with Crippen LogP contribution in [0.15, 0.2) is 60.7 Å². The molecular formula is C19H22N2O2. The van der Waals surface area contributed by atoms with Gasteiger partial charge >= 0.3 is 0 Å². The Bertz CT molecular complexity index is 639. The van der Waals surface area contributed by atoms with Crippen LogP contribution in [0, 0.1) is 0 Å². The van der Waals surface area contributed by atoms with Crippen molar-refractivity contribution in [3.05, 3.63) is 71.8 Å². The number of carbonyl (C=O) groups excluding carboxylic acids is 2. The van der Waals surface area contributed by atoms with E-state index < -0.39 is 6.04 Å². The standard InChI is InChI=1S/C19H22N2O2/c1-21(2)19(23)18(16-11-7-4-8-12-16)20-17(22)14-13-15-9-5-3-6-10-15/h3-12,18H,13-14H2,1-2H3,(H,20,22)/t18-/m0/s1. The zero-order chi connectivity index (χ0) is 16.7. The van der Waals surface area contributed by atoms with Crippen LogP contribution < -0.4 is 5.32 Å². The SMILES string of the molecule is CN(C)C(=O)[C@@H](NC(=O)CCc1ccccc1)c1ccccc1. The van der Waals surface area contributed by atoms with Gasteiger partial charge in [-0.3, -0.25) is 9.59 Å². The number of hydrogen-bond donors (Lipinski definition) is 1. The van der Waals surface area contributed by atoms with Gasteiger partial charge in [-0.2, -0.15) is 0 Å². The fourth-order valence-corrected chi connectivity index (χ4v) is 2.33. The Kier molecular flexibility index (Phi) is 5.92. The molecule has 0 unspecified atom stereocenters. The summed E-state index contributed by atoms with van der Waals surface area (Å²) in [5.41, 5.74) is 1.90. The smallest absolute Gasteiger partial charge is 0.249 e. The molecule has 0 saturated heterocycles. The van der Waals surface area contributed by atoms with Crippen LogP contribution in [0.2, 0.25) is 0 Å². The van der Waals surface area contributed by atoms with Crippen molar-refractivity contribution >= 4 is 11.8 Å². The van der Waals surface area contributed by atoms with Gasteiger partial charge in [-0.1, -0.05) is 60.7 Å². The first kappa shape index (κ1) is 16.7. The van der Waals surface area contributed by atoms with E-state index in [4.69, 9.17) is 0 Å². The zero-order valence-electron chi connectivity index (χ0n) is 13.5. The Labute approximate surface area is 137 Å². The molecule has 0 fully saturated rings. The van der Waals surface area contributed by atoms with Crippen molar-refractivity contribution < 1.29 is 9.59 Å². The van der Waals surface area contributed by atoms with Gasteiger partial charge in [0.2, 0.25) is 11.8 Å². The van der Waals surface area contributed by atoms with Gasteiger partial charge in [0.1, 0.15) is 6.04 Å². The summed E-state index contributed by atoms with van der Waals surface area (Å²) in [6.45, 7) is 0. The number of aryl methyl sites for hydroxylation is 1. The van der Waals surface area contributed by atoms with E-state index in [2.05, 4.69) is 5.32 Å². The maximum absolute atomic E-state index is 12.4. The molecule has 0 heterocycles. The van der Waals surface area contributed by atoms with Crippen molar-refractivity contribution in [1.82, 2.24) is 10.2 Å². The number of benzene rings is 2. The first-order valence-corrected chi connectivity index (χ1v) is 7.67. The highest BCUT2D eigenvalue weighted by atomic mass is 16.2. The predicted octanol–water partition coefficient (Wildman–Crippen LogP) is 2.56. The van der Waals surface area contributed by atoms with Crippen molar-refractivity contribution in [2.24, 2.45) is 0 Å². The second kappa shape index (κ2) is 8.13. The van der Waals surface area contributed by atoms with Crippen LogP contribution >= 0.6 is 0 Å². The topological polar surface area (TPSA) is 49.4 Å². The molecule has 0 aliphatic heterocycles. The molecule has 4 heteroatoms. The Morgan fingerprint density at radius 3 is 2.09 bits per heavy atom. The highest BCUT2D eigenvalue weighted by molar-refractivity contribution is 5.88. The minimum atomic E-state index is -0.644. The summed E-state index contributed by atoms with van der Waals surface area (Å²) < 4.78 is 0. The summed E-state index contributed by atoms with van der Waals surface area (Å²) in [5.74, 6) is -0.262. The van der Waals surface area contributed by atoms with E-state index in [9.17, 15) is 9.59 Å². The van der Waals surface area contributed by atoms with Crippen LogP contribution in [0.1, 0.15) is 23.6 Å². The second-order valence-corrected chi connectivity index (χ2v) is 5.63. The highest BCUT2D eigenvalue weighted by Gasteiger charge is 2.23. The average Bonchev–Trinajstić information content (AvgIpc) is 2.59. The van der Waals surface area contributed by atoms with Gasteiger partial charge in [0.25, 0.3) is 0 Å². The van der Waals surface area contributed by atoms with E-state index in [0.29, 0.717) is 12.8 Å². The first-order chi connectivity index (χ1) is 11.1. The molecule has 23 heavy (non-hydrogen) atoms. The fraction of sp³-hybridized carbons (Fsp3) is 0.263. The number of carbonyl (C=O) groups is 2. The normalized spacial score (nSPS) is 11.6. The highest BCUT2D eigenvalue weighted by Crippen LogP contribution is 2.15. The lowest BCUT2D eigenvalue weighted by atomic mass is 10.0. The molecule has 2 amide bonds. The van der Waals surface area contributed by atoms with Gasteiger partial charge in [-0.05, 0) is 17.5 Å². The summed E-state index contributed by atoms with van der Waals surface area (Å²) in [6.07, 6.45) is 1.01. The quantitative estimate of drug-likeness (QED) is 0.891. The molecule has 0 aromatic heterocycles. The van der Waals surface area contributed by atoms with Crippen molar-refractivity contribution in [2.75, 3.05) is 14.1 Å². The lowest BCUT2D eigenvalue weighted by Gasteiger charge is -2.22. The maximum atomic E-state index is 12.4. The average molecular weight is 310 g/mol. The van der Waals surface area contributed by atoms with Crippen LogP contribution in [0.5, 0.6) is 0 Å². The van der Waals surface area contributed by atoms with Gasteiger partial charge in [0.15, 0.2) is 0 Å². The van der Waals surface area contributed by atoms with E-state index in [1.807, 2.05) is 60.7 Å². The molecule has 0 aliphatic carbocycles. The number of hydrogen-bond acceptors (Lipinski definition) is 2. The fourth-order valence-electron chi connectivity index (χ4n) is 2.33. The molecular weight excluding hydrogens is 288 g/mol.